The van der Waals surface area contributed by atoms with Crippen molar-refractivity contribution in [2.24, 2.45) is 0 Å². The minimum Gasteiger partial charge on any atom is -0.236 e. The Labute approximate surface area is 99.0 Å². The zero-order valence-corrected chi connectivity index (χ0v) is 10.4. The van der Waals surface area contributed by atoms with E-state index in [0.717, 1.165) is 10.9 Å². The Morgan fingerprint density at radius 3 is 2.56 bits per heavy atom. The van der Waals surface area contributed by atoms with E-state index < -0.39 is 9.84 Å². The molecule has 0 aliphatic heterocycles. The van der Waals surface area contributed by atoms with Crippen LogP contribution in [0.5, 0.6) is 0 Å². The summed E-state index contributed by atoms with van der Waals surface area (Å²) in [6.45, 7) is 1.84. The summed E-state index contributed by atoms with van der Waals surface area (Å²) < 4.78 is 22.8. The van der Waals surface area contributed by atoms with E-state index in [0.29, 0.717) is 15.6 Å². The number of rotatable bonds is 1. The van der Waals surface area contributed by atoms with Crippen LogP contribution < -0.4 is 0 Å². The summed E-state index contributed by atoms with van der Waals surface area (Å²) in [4.78, 5) is 4.46. The monoisotopic (exact) mass is 255 g/mol. The molecule has 2 rings (SSSR count). The number of benzene rings is 1. The Bertz CT molecular complexity index is 665. The molecular formula is C11H10ClNO2S. The highest BCUT2D eigenvalue weighted by atomic mass is 35.5. The molecule has 1 aromatic heterocycles. The van der Waals surface area contributed by atoms with E-state index in [1.54, 1.807) is 12.1 Å². The molecule has 0 aliphatic carbocycles. The van der Waals surface area contributed by atoms with Gasteiger partial charge in [-0.25, -0.2) is 13.4 Å². The maximum Gasteiger partial charge on any atom is 0.175 e. The first-order valence-corrected chi connectivity index (χ1v) is 6.92. The van der Waals surface area contributed by atoms with E-state index in [2.05, 4.69) is 4.98 Å². The number of aromatic nitrogens is 1. The lowest BCUT2D eigenvalue weighted by Crippen LogP contribution is -1.97. The lowest BCUT2D eigenvalue weighted by Gasteiger charge is -2.03. The van der Waals surface area contributed by atoms with Crippen molar-refractivity contribution >= 4 is 32.3 Å². The van der Waals surface area contributed by atoms with Crippen molar-refractivity contribution in [1.82, 2.24) is 4.98 Å². The third kappa shape index (κ3) is 2.03. The summed E-state index contributed by atoms with van der Waals surface area (Å²) in [6, 6.07) is 6.65. The predicted molar refractivity (Wildman–Crippen MR) is 64.6 cm³/mol. The van der Waals surface area contributed by atoms with Crippen LogP contribution in [0.15, 0.2) is 29.2 Å². The van der Waals surface area contributed by atoms with Gasteiger partial charge >= 0.3 is 0 Å². The van der Waals surface area contributed by atoms with Gasteiger partial charge in [-0.3, -0.25) is 0 Å². The molecule has 0 amide bonds. The largest absolute Gasteiger partial charge is 0.236 e. The normalized spacial score (nSPS) is 11.9. The fourth-order valence-corrected chi connectivity index (χ4v) is 2.27. The lowest BCUT2D eigenvalue weighted by atomic mass is 10.2. The van der Waals surface area contributed by atoms with Crippen molar-refractivity contribution in [2.75, 3.05) is 6.26 Å². The molecule has 3 nitrogen and oxygen atoms in total. The average molecular weight is 256 g/mol. The minimum absolute atomic E-state index is 0.295. The van der Waals surface area contributed by atoms with Crippen LogP contribution >= 0.6 is 11.6 Å². The van der Waals surface area contributed by atoms with Crippen molar-refractivity contribution in [1.29, 1.82) is 0 Å². The van der Waals surface area contributed by atoms with Crippen molar-refractivity contribution in [3.63, 3.8) is 0 Å². The molecule has 0 saturated heterocycles. The second kappa shape index (κ2) is 3.71. The fourth-order valence-electron chi connectivity index (χ4n) is 1.47. The number of fused-ring (bicyclic) bond motifs is 1. The maximum absolute atomic E-state index is 11.4. The zero-order chi connectivity index (χ0) is 11.9. The zero-order valence-electron chi connectivity index (χ0n) is 8.86. The van der Waals surface area contributed by atoms with E-state index in [9.17, 15) is 8.42 Å². The lowest BCUT2D eigenvalue weighted by molar-refractivity contribution is 0.602. The SMILES string of the molecule is Cc1cc2cc(S(C)(=O)=O)ccc2nc1Cl. The molecule has 16 heavy (non-hydrogen) atoms. The second-order valence-corrected chi connectivity index (χ2v) is 6.10. The van der Waals surface area contributed by atoms with Gasteiger partial charge in [0.1, 0.15) is 5.15 Å². The van der Waals surface area contributed by atoms with Crippen LogP contribution in [0.3, 0.4) is 0 Å². The molecule has 1 heterocycles. The third-order valence-corrected chi connectivity index (χ3v) is 3.84. The molecule has 0 aliphatic rings. The Balaban J connectivity index is 2.77. The topological polar surface area (TPSA) is 47.0 Å². The smallest absolute Gasteiger partial charge is 0.175 e. The van der Waals surface area contributed by atoms with E-state index in [4.69, 9.17) is 11.6 Å². The number of hydrogen-bond acceptors (Lipinski definition) is 3. The van der Waals surface area contributed by atoms with Gasteiger partial charge in [0.2, 0.25) is 0 Å². The van der Waals surface area contributed by atoms with Gasteiger partial charge in [-0.2, -0.15) is 0 Å². The van der Waals surface area contributed by atoms with E-state index in [-0.39, 0.29) is 0 Å². The summed E-state index contributed by atoms with van der Waals surface area (Å²) in [7, 11) is -3.18. The number of sulfone groups is 1. The van der Waals surface area contributed by atoms with Gasteiger partial charge in [0.15, 0.2) is 9.84 Å². The van der Waals surface area contributed by atoms with Crippen molar-refractivity contribution in [3.05, 3.63) is 35.0 Å². The van der Waals surface area contributed by atoms with Gasteiger partial charge < -0.3 is 0 Å². The van der Waals surface area contributed by atoms with Gasteiger partial charge in [0.05, 0.1) is 10.4 Å². The summed E-state index contributed by atoms with van der Waals surface area (Å²) in [5.74, 6) is 0. The molecule has 2 aromatic rings. The van der Waals surface area contributed by atoms with Crippen molar-refractivity contribution in [2.45, 2.75) is 11.8 Å². The van der Waals surface area contributed by atoms with Crippen LogP contribution in [0.1, 0.15) is 5.56 Å². The van der Waals surface area contributed by atoms with Gasteiger partial charge in [0, 0.05) is 11.6 Å². The molecular weight excluding hydrogens is 246 g/mol. The highest BCUT2D eigenvalue weighted by molar-refractivity contribution is 7.90. The van der Waals surface area contributed by atoms with Crippen LogP contribution in [-0.2, 0) is 9.84 Å². The highest BCUT2D eigenvalue weighted by Crippen LogP contribution is 2.22. The molecule has 0 radical (unpaired) electrons. The van der Waals surface area contributed by atoms with Gasteiger partial charge in [-0.1, -0.05) is 11.6 Å². The Morgan fingerprint density at radius 1 is 1.25 bits per heavy atom. The van der Waals surface area contributed by atoms with Crippen LogP contribution in [0, 0.1) is 6.92 Å². The van der Waals surface area contributed by atoms with Crippen LogP contribution in [0.4, 0.5) is 0 Å². The number of hydrogen-bond donors (Lipinski definition) is 0. The predicted octanol–water partition coefficient (Wildman–Crippen LogP) is 2.60. The number of nitrogens with zero attached hydrogens (tertiary/aromatic N) is 1. The Morgan fingerprint density at radius 2 is 1.94 bits per heavy atom. The number of halogens is 1. The molecule has 0 saturated carbocycles. The summed E-state index contributed by atoms with van der Waals surface area (Å²) in [5.41, 5.74) is 1.53. The first-order valence-electron chi connectivity index (χ1n) is 4.65. The van der Waals surface area contributed by atoms with E-state index >= 15 is 0 Å². The first kappa shape index (κ1) is 11.4. The van der Waals surface area contributed by atoms with E-state index in [1.165, 1.54) is 12.3 Å². The van der Waals surface area contributed by atoms with Gasteiger partial charge in [-0.15, -0.1) is 0 Å². The molecule has 0 N–H and O–H groups in total. The number of aryl methyl sites for hydroxylation is 1. The summed E-state index contributed by atoms with van der Waals surface area (Å²) in [6.07, 6.45) is 1.18. The second-order valence-electron chi connectivity index (χ2n) is 3.72. The van der Waals surface area contributed by atoms with Crippen LogP contribution in [-0.4, -0.2) is 19.7 Å². The highest BCUT2D eigenvalue weighted by Gasteiger charge is 2.09. The van der Waals surface area contributed by atoms with Crippen molar-refractivity contribution < 1.29 is 8.42 Å². The molecule has 0 spiro atoms. The maximum atomic E-state index is 11.4. The van der Waals surface area contributed by atoms with Gasteiger partial charge in [-0.05, 0) is 36.8 Å². The molecule has 0 fully saturated rings. The molecule has 1 aromatic carbocycles. The molecule has 5 heteroatoms. The van der Waals surface area contributed by atoms with Crippen molar-refractivity contribution in [3.8, 4) is 0 Å². The Hall–Kier alpha value is -1.13. The quantitative estimate of drug-likeness (QED) is 0.736. The van der Waals surface area contributed by atoms with Crippen LogP contribution in [0.2, 0.25) is 5.15 Å². The van der Waals surface area contributed by atoms with Crippen LogP contribution in [0.25, 0.3) is 10.9 Å². The summed E-state index contributed by atoms with van der Waals surface area (Å²) >= 11 is 5.89. The Kier molecular flexibility index (Phi) is 2.64. The summed E-state index contributed by atoms with van der Waals surface area (Å²) in [5, 5.41) is 1.23. The average Bonchev–Trinajstić information content (AvgIpc) is 2.17. The van der Waals surface area contributed by atoms with E-state index in [1.807, 2.05) is 13.0 Å². The molecule has 0 bridgehead atoms. The molecule has 0 unspecified atom stereocenters. The third-order valence-electron chi connectivity index (χ3n) is 2.34. The minimum atomic E-state index is -3.18. The standard InChI is InChI=1S/C11H10ClNO2S/c1-7-5-8-6-9(16(2,14)15)3-4-10(8)13-11(7)12/h3-6H,1-2H3. The molecule has 84 valence electrons. The molecule has 0 atom stereocenters. The fraction of sp³-hybridized carbons (Fsp3) is 0.182. The first-order chi connectivity index (χ1) is 7.38. The number of pyridine rings is 1. The van der Waals surface area contributed by atoms with Gasteiger partial charge in [0.25, 0.3) is 0 Å².